The third-order valence-corrected chi connectivity index (χ3v) is 2.61. The van der Waals surface area contributed by atoms with Gasteiger partial charge in [-0.3, -0.25) is 0 Å². The number of hydrogen-bond donors (Lipinski definition) is 3. The Hall–Kier alpha value is -1.50. The number of aromatic nitrogens is 2. The van der Waals surface area contributed by atoms with Gasteiger partial charge >= 0.3 is 0 Å². The van der Waals surface area contributed by atoms with Gasteiger partial charge in [0.25, 0.3) is 6.43 Å². The van der Waals surface area contributed by atoms with E-state index >= 15 is 0 Å². The summed E-state index contributed by atoms with van der Waals surface area (Å²) in [5.41, 5.74) is 0.831. The summed E-state index contributed by atoms with van der Waals surface area (Å²) in [6, 6.07) is 0. The van der Waals surface area contributed by atoms with Gasteiger partial charge in [0.05, 0.1) is 0 Å². The van der Waals surface area contributed by atoms with E-state index in [1.807, 2.05) is 13.8 Å². The molecule has 1 aromatic heterocycles. The van der Waals surface area contributed by atoms with E-state index in [0.717, 1.165) is 18.5 Å². The van der Waals surface area contributed by atoms with Gasteiger partial charge in [0, 0.05) is 18.7 Å². The summed E-state index contributed by atoms with van der Waals surface area (Å²) in [6.07, 6.45) is -1.47. The van der Waals surface area contributed by atoms with Gasteiger partial charge in [-0.05, 0) is 12.8 Å². The Balaban J connectivity index is 2.76. The summed E-state index contributed by atoms with van der Waals surface area (Å²) in [7, 11) is 0. The third-order valence-electron chi connectivity index (χ3n) is 2.61. The van der Waals surface area contributed by atoms with Crippen molar-refractivity contribution in [1.29, 1.82) is 0 Å². The van der Waals surface area contributed by atoms with Crippen molar-refractivity contribution in [1.82, 2.24) is 9.97 Å². The number of aliphatic hydroxyl groups is 1. The number of aliphatic hydroxyl groups excluding tert-OH is 1. The number of anilines is 2. The molecule has 0 aliphatic carbocycles. The normalized spacial score (nSPS) is 12.5. The second-order valence-corrected chi connectivity index (χ2v) is 4.11. The maximum Gasteiger partial charge on any atom is 0.265 e. The summed E-state index contributed by atoms with van der Waals surface area (Å²) < 4.78 is 24.4. The van der Waals surface area contributed by atoms with Crippen molar-refractivity contribution in [3.63, 3.8) is 0 Å². The Morgan fingerprint density at radius 2 is 1.84 bits per heavy atom. The molecule has 0 aromatic carbocycles. The Labute approximate surface area is 111 Å². The molecule has 1 aromatic rings. The first-order valence-corrected chi connectivity index (χ1v) is 6.37. The summed E-state index contributed by atoms with van der Waals surface area (Å²) >= 11 is 0. The zero-order valence-electron chi connectivity index (χ0n) is 11.2. The SMILES string of the molecule is CCCNc1ncnc(NCC(O)C(F)F)c1CC. The lowest BCUT2D eigenvalue weighted by Gasteiger charge is -2.16. The van der Waals surface area contributed by atoms with E-state index in [1.54, 1.807) is 0 Å². The van der Waals surface area contributed by atoms with Gasteiger partial charge < -0.3 is 15.7 Å². The van der Waals surface area contributed by atoms with Gasteiger partial charge in [-0.25, -0.2) is 18.7 Å². The second kappa shape index (κ2) is 7.83. The van der Waals surface area contributed by atoms with Crippen molar-refractivity contribution in [2.45, 2.75) is 39.2 Å². The molecule has 7 heteroatoms. The van der Waals surface area contributed by atoms with E-state index < -0.39 is 12.5 Å². The lowest BCUT2D eigenvalue weighted by molar-refractivity contribution is 0.00380. The Bertz CT molecular complexity index is 390. The molecule has 0 saturated heterocycles. The smallest absolute Gasteiger partial charge is 0.265 e. The zero-order valence-corrected chi connectivity index (χ0v) is 11.2. The van der Waals surface area contributed by atoms with Crippen LogP contribution >= 0.6 is 0 Å². The van der Waals surface area contributed by atoms with Gasteiger partial charge in [-0.1, -0.05) is 13.8 Å². The predicted octanol–water partition coefficient (Wildman–Crippen LogP) is 1.90. The third kappa shape index (κ3) is 4.59. The van der Waals surface area contributed by atoms with Gasteiger partial charge in [0.15, 0.2) is 0 Å². The highest BCUT2D eigenvalue weighted by atomic mass is 19.3. The predicted molar refractivity (Wildman–Crippen MR) is 70.7 cm³/mol. The molecule has 1 atom stereocenters. The summed E-state index contributed by atoms with van der Waals surface area (Å²) in [5, 5.41) is 15.0. The molecule has 108 valence electrons. The molecule has 1 unspecified atom stereocenters. The monoisotopic (exact) mass is 274 g/mol. The van der Waals surface area contributed by atoms with Gasteiger partial charge in [0.2, 0.25) is 0 Å². The molecule has 19 heavy (non-hydrogen) atoms. The van der Waals surface area contributed by atoms with Crippen molar-refractivity contribution >= 4 is 11.6 Å². The number of nitrogens with one attached hydrogen (secondary N) is 2. The largest absolute Gasteiger partial charge is 0.385 e. The van der Waals surface area contributed by atoms with Gasteiger partial charge in [-0.15, -0.1) is 0 Å². The van der Waals surface area contributed by atoms with E-state index in [2.05, 4.69) is 20.6 Å². The number of halogens is 2. The first-order valence-electron chi connectivity index (χ1n) is 6.37. The average molecular weight is 274 g/mol. The molecule has 0 amide bonds. The first-order chi connectivity index (χ1) is 9.10. The van der Waals surface area contributed by atoms with Crippen LogP contribution in [-0.4, -0.2) is 40.7 Å². The summed E-state index contributed by atoms with van der Waals surface area (Å²) in [5.74, 6) is 1.18. The molecular weight excluding hydrogens is 254 g/mol. The van der Waals surface area contributed by atoms with E-state index in [9.17, 15) is 8.78 Å². The summed E-state index contributed by atoms with van der Waals surface area (Å²) in [4.78, 5) is 8.17. The Morgan fingerprint density at radius 1 is 1.21 bits per heavy atom. The van der Waals surface area contributed by atoms with Crippen molar-refractivity contribution in [2.75, 3.05) is 23.7 Å². The lowest BCUT2D eigenvalue weighted by Crippen LogP contribution is -2.27. The highest BCUT2D eigenvalue weighted by molar-refractivity contribution is 5.57. The minimum Gasteiger partial charge on any atom is -0.385 e. The van der Waals surface area contributed by atoms with Gasteiger partial charge in [-0.2, -0.15) is 0 Å². The zero-order chi connectivity index (χ0) is 14.3. The minimum absolute atomic E-state index is 0.241. The highest BCUT2D eigenvalue weighted by Gasteiger charge is 2.17. The van der Waals surface area contributed by atoms with E-state index in [4.69, 9.17) is 5.11 Å². The van der Waals surface area contributed by atoms with Crippen LogP contribution in [0.5, 0.6) is 0 Å². The molecule has 0 aliphatic rings. The van der Waals surface area contributed by atoms with Crippen LogP contribution in [0.4, 0.5) is 20.4 Å². The van der Waals surface area contributed by atoms with Crippen LogP contribution in [0.25, 0.3) is 0 Å². The topological polar surface area (TPSA) is 70.1 Å². The highest BCUT2D eigenvalue weighted by Crippen LogP contribution is 2.20. The quantitative estimate of drug-likeness (QED) is 0.675. The van der Waals surface area contributed by atoms with Crippen LogP contribution < -0.4 is 10.6 Å². The molecule has 0 bridgehead atoms. The van der Waals surface area contributed by atoms with E-state index in [1.165, 1.54) is 6.33 Å². The molecular formula is C12H20F2N4O. The molecule has 0 saturated carbocycles. The Morgan fingerprint density at radius 3 is 2.37 bits per heavy atom. The standard InChI is InChI=1S/C12H20F2N4O/c1-3-5-15-11-8(4-2)12(18-7-17-11)16-6-9(19)10(13)14/h7,9-10,19H,3-6H2,1-2H3,(H2,15,16,17,18). The van der Waals surface area contributed by atoms with Crippen molar-refractivity contribution in [3.8, 4) is 0 Å². The van der Waals surface area contributed by atoms with Crippen LogP contribution in [0.1, 0.15) is 25.8 Å². The fourth-order valence-electron chi connectivity index (χ4n) is 1.59. The van der Waals surface area contributed by atoms with E-state index in [0.29, 0.717) is 18.1 Å². The van der Waals surface area contributed by atoms with Crippen molar-refractivity contribution in [3.05, 3.63) is 11.9 Å². The Kier molecular flexibility index (Phi) is 6.41. The van der Waals surface area contributed by atoms with Crippen LogP contribution in [0.3, 0.4) is 0 Å². The molecule has 0 fully saturated rings. The maximum atomic E-state index is 12.2. The van der Waals surface area contributed by atoms with Crippen LogP contribution in [0, 0.1) is 0 Å². The number of rotatable bonds is 8. The van der Waals surface area contributed by atoms with Crippen LogP contribution in [0.2, 0.25) is 0 Å². The minimum atomic E-state index is -2.77. The van der Waals surface area contributed by atoms with Gasteiger partial charge in [0.1, 0.15) is 24.1 Å². The molecule has 1 rings (SSSR count). The van der Waals surface area contributed by atoms with E-state index in [-0.39, 0.29) is 6.54 Å². The van der Waals surface area contributed by atoms with Crippen molar-refractivity contribution < 1.29 is 13.9 Å². The number of hydrogen-bond acceptors (Lipinski definition) is 5. The number of nitrogens with zero attached hydrogens (tertiary/aromatic N) is 2. The molecule has 3 N–H and O–H groups in total. The molecule has 0 radical (unpaired) electrons. The molecule has 0 spiro atoms. The average Bonchev–Trinajstić information content (AvgIpc) is 2.41. The fourth-order valence-corrected chi connectivity index (χ4v) is 1.59. The molecule has 0 aliphatic heterocycles. The summed E-state index contributed by atoms with van der Waals surface area (Å²) in [6.45, 7) is 4.51. The van der Waals surface area contributed by atoms with Crippen LogP contribution in [0.15, 0.2) is 6.33 Å². The number of alkyl halides is 2. The fraction of sp³-hybridized carbons (Fsp3) is 0.667. The van der Waals surface area contributed by atoms with Crippen molar-refractivity contribution in [2.24, 2.45) is 0 Å². The van der Waals surface area contributed by atoms with Crippen LogP contribution in [-0.2, 0) is 6.42 Å². The second-order valence-electron chi connectivity index (χ2n) is 4.11. The maximum absolute atomic E-state index is 12.2. The lowest BCUT2D eigenvalue weighted by atomic mass is 10.2. The first kappa shape index (κ1) is 15.6. The molecule has 5 nitrogen and oxygen atoms in total. The molecule has 1 heterocycles.